The van der Waals surface area contributed by atoms with Crippen LogP contribution in [0.1, 0.15) is 28.7 Å². The maximum absolute atomic E-state index is 12.6. The number of nitrogens with one attached hydrogen (secondary N) is 1. The minimum atomic E-state index is -1.24. The molecule has 0 radical (unpaired) electrons. The fraction of sp³-hybridized carbons (Fsp3) is 0.261. The lowest BCUT2D eigenvalue weighted by Crippen LogP contribution is -2.33. The van der Waals surface area contributed by atoms with Crippen LogP contribution in [0.2, 0.25) is 0 Å². The Kier molecular flexibility index (Phi) is 6.51. The van der Waals surface area contributed by atoms with Crippen molar-refractivity contribution in [1.82, 2.24) is 5.32 Å². The van der Waals surface area contributed by atoms with Crippen molar-refractivity contribution < 1.29 is 23.8 Å². The number of rotatable bonds is 8. The molecule has 0 aliphatic carbocycles. The highest BCUT2D eigenvalue weighted by atomic mass is 16.5. The summed E-state index contributed by atoms with van der Waals surface area (Å²) >= 11 is 0. The molecule has 0 spiro atoms. The van der Waals surface area contributed by atoms with Crippen LogP contribution < -0.4 is 20.8 Å². The number of hydrogen-bond acceptors (Lipinski definition) is 6. The summed E-state index contributed by atoms with van der Waals surface area (Å²) in [6.07, 6.45) is 0.213. The molecule has 0 bridgehead atoms. The molecule has 1 aromatic heterocycles. The zero-order chi connectivity index (χ0) is 21.7. The van der Waals surface area contributed by atoms with Gasteiger partial charge < -0.3 is 24.4 Å². The Morgan fingerprint density at radius 1 is 1.07 bits per heavy atom. The quantitative estimate of drug-likeness (QED) is 0.568. The van der Waals surface area contributed by atoms with Crippen molar-refractivity contribution in [3.63, 3.8) is 0 Å². The second-order valence-corrected chi connectivity index (χ2v) is 6.98. The molecule has 3 aromatic rings. The molecular weight excluding hydrogens is 386 g/mol. The fourth-order valence-corrected chi connectivity index (χ4v) is 3.23. The zero-order valence-electron chi connectivity index (χ0n) is 16.8. The monoisotopic (exact) mass is 408 g/mol. The molecule has 0 fully saturated rings. The van der Waals surface area contributed by atoms with Crippen molar-refractivity contribution in [2.45, 2.75) is 26.7 Å². The summed E-state index contributed by atoms with van der Waals surface area (Å²) < 4.78 is 11.1. The second kappa shape index (κ2) is 9.26. The standard InChI is InChI=1S/C23H23NO6/c1-14-17-8-9-19(29-13-20(25)24-11-10-21(26)27)15(2)22(17)30-23(28)18(14)12-16-6-4-3-5-7-16/h3-9H,10-13H2,1-2H3,(H,24,25)(H,26,27)/p-1. The Bertz CT molecular complexity index is 1130. The maximum Gasteiger partial charge on any atom is 0.340 e. The molecule has 156 valence electrons. The van der Waals surface area contributed by atoms with Gasteiger partial charge >= 0.3 is 5.63 Å². The first-order valence-corrected chi connectivity index (χ1v) is 9.56. The molecule has 1 heterocycles. The molecule has 0 atom stereocenters. The van der Waals surface area contributed by atoms with E-state index in [9.17, 15) is 19.5 Å². The van der Waals surface area contributed by atoms with E-state index in [1.165, 1.54) is 0 Å². The first-order chi connectivity index (χ1) is 14.4. The lowest BCUT2D eigenvalue weighted by atomic mass is 9.98. The zero-order valence-corrected chi connectivity index (χ0v) is 16.8. The van der Waals surface area contributed by atoms with Gasteiger partial charge in [-0.15, -0.1) is 0 Å². The Hall–Kier alpha value is -3.61. The molecule has 1 amide bonds. The maximum atomic E-state index is 12.6. The number of carboxylic acid groups (broad SMARTS) is 1. The normalized spacial score (nSPS) is 10.7. The lowest BCUT2D eigenvalue weighted by molar-refractivity contribution is -0.305. The molecule has 0 saturated heterocycles. The van der Waals surface area contributed by atoms with Crippen molar-refractivity contribution in [3.05, 3.63) is 75.1 Å². The van der Waals surface area contributed by atoms with E-state index in [4.69, 9.17) is 9.15 Å². The third-order valence-electron chi connectivity index (χ3n) is 4.89. The van der Waals surface area contributed by atoms with Crippen LogP contribution in [0.15, 0.2) is 51.7 Å². The molecular formula is C23H22NO6-. The van der Waals surface area contributed by atoms with Crippen molar-refractivity contribution in [2.24, 2.45) is 0 Å². The van der Waals surface area contributed by atoms with Crippen LogP contribution in [0.25, 0.3) is 11.0 Å². The Balaban J connectivity index is 1.81. The number of carbonyl (C=O) groups is 2. The molecule has 7 heteroatoms. The molecule has 0 unspecified atom stereocenters. The van der Waals surface area contributed by atoms with E-state index in [2.05, 4.69) is 5.32 Å². The number of carbonyl (C=O) groups excluding carboxylic acids is 2. The SMILES string of the molecule is Cc1c(Cc2ccccc2)c(=O)oc2c(C)c(OCC(=O)NCCC(=O)[O-])ccc12. The molecule has 7 nitrogen and oxygen atoms in total. The van der Waals surface area contributed by atoms with E-state index in [0.29, 0.717) is 28.9 Å². The molecule has 0 saturated carbocycles. The summed E-state index contributed by atoms with van der Waals surface area (Å²) in [6, 6.07) is 13.2. The summed E-state index contributed by atoms with van der Waals surface area (Å²) in [4.78, 5) is 34.8. The van der Waals surface area contributed by atoms with Gasteiger partial charge in [-0.2, -0.15) is 0 Å². The number of amides is 1. The smallest absolute Gasteiger partial charge is 0.340 e. The minimum Gasteiger partial charge on any atom is -0.550 e. The van der Waals surface area contributed by atoms with Crippen molar-refractivity contribution in [2.75, 3.05) is 13.2 Å². The van der Waals surface area contributed by atoms with E-state index < -0.39 is 17.5 Å². The number of ether oxygens (including phenoxy) is 1. The fourth-order valence-electron chi connectivity index (χ4n) is 3.23. The Morgan fingerprint density at radius 2 is 1.80 bits per heavy atom. The number of aliphatic carboxylic acids is 1. The Morgan fingerprint density at radius 3 is 2.50 bits per heavy atom. The number of hydrogen-bond donors (Lipinski definition) is 1. The van der Waals surface area contributed by atoms with Crippen LogP contribution in [0.4, 0.5) is 0 Å². The summed E-state index contributed by atoms with van der Waals surface area (Å²) in [5.41, 5.74) is 3.11. The molecule has 0 aliphatic heterocycles. The average Bonchev–Trinajstić information content (AvgIpc) is 2.71. The van der Waals surface area contributed by atoms with Crippen LogP contribution in [0, 0.1) is 13.8 Å². The average molecular weight is 408 g/mol. The van der Waals surface area contributed by atoms with Crippen LogP contribution >= 0.6 is 0 Å². The summed E-state index contributed by atoms with van der Waals surface area (Å²) in [5.74, 6) is -1.28. The lowest BCUT2D eigenvalue weighted by Gasteiger charge is -2.13. The molecule has 2 aromatic carbocycles. The van der Waals surface area contributed by atoms with E-state index >= 15 is 0 Å². The van der Waals surface area contributed by atoms with Crippen LogP contribution in [-0.2, 0) is 16.0 Å². The van der Waals surface area contributed by atoms with Gasteiger partial charge in [0.2, 0.25) is 0 Å². The first kappa shape index (κ1) is 21.1. The van der Waals surface area contributed by atoms with Gasteiger partial charge in [-0.25, -0.2) is 4.79 Å². The van der Waals surface area contributed by atoms with Gasteiger partial charge in [0.15, 0.2) is 6.61 Å². The van der Waals surface area contributed by atoms with Crippen molar-refractivity contribution >= 4 is 22.8 Å². The van der Waals surface area contributed by atoms with E-state index in [-0.39, 0.29) is 19.6 Å². The van der Waals surface area contributed by atoms with Gasteiger partial charge in [-0.1, -0.05) is 30.3 Å². The van der Waals surface area contributed by atoms with Crippen LogP contribution in [0.5, 0.6) is 5.75 Å². The van der Waals surface area contributed by atoms with Gasteiger partial charge in [0.25, 0.3) is 5.91 Å². The van der Waals surface area contributed by atoms with Crippen LogP contribution in [-0.4, -0.2) is 25.0 Å². The summed E-state index contributed by atoms with van der Waals surface area (Å²) in [5, 5.41) is 13.6. The summed E-state index contributed by atoms with van der Waals surface area (Å²) in [7, 11) is 0. The number of carboxylic acids is 1. The van der Waals surface area contributed by atoms with Gasteiger partial charge in [0, 0.05) is 41.9 Å². The largest absolute Gasteiger partial charge is 0.550 e. The molecule has 3 rings (SSSR count). The van der Waals surface area contributed by atoms with Gasteiger partial charge in [-0.05, 0) is 37.1 Å². The highest BCUT2D eigenvalue weighted by Gasteiger charge is 2.16. The minimum absolute atomic E-state index is 0.0283. The topological polar surface area (TPSA) is 109 Å². The predicted octanol–water partition coefficient (Wildman–Crippen LogP) is 1.64. The van der Waals surface area contributed by atoms with Gasteiger partial charge in [-0.3, -0.25) is 4.79 Å². The highest BCUT2D eigenvalue weighted by Crippen LogP contribution is 2.30. The predicted molar refractivity (Wildman–Crippen MR) is 109 cm³/mol. The molecule has 30 heavy (non-hydrogen) atoms. The number of benzene rings is 2. The third kappa shape index (κ3) is 4.86. The Labute approximate surface area is 173 Å². The van der Waals surface area contributed by atoms with Gasteiger partial charge in [0.1, 0.15) is 11.3 Å². The van der Waals surface area contributed by atoms with E-state index in [1.807, 2.05) is 37.3 Å². The first-order valence-electron chi connectivity index (χ1n) is 9.56. The second-order valence-electron chi connectivity index (χ2n) is 6.98. The molecule has 0 aliphatic rings. The van der Waals surface area contributed by atoms with Crippen molar-refractivity contribution in [3.8, 4) is 5.75 Å². The number of fused-ring (bicyclic) bond motifs is 1. The van der Waals surface area contributed by atoms with E-state index in [1.54, 1.807) is 19.1 Å². The van der Waals surface area contributed by atoms with Gasteiger partial charge in [0.05, 0.1) is 0 Å². The third-order valence-corrected chi connectivity index (χ3v) is 4.89. The highest BCUT2D eigenvalue weighted by molar-refractivity contribution is 5.86. The van der Waals surface area contributed by atoms with E-state index in [0.717, 1.165) is 16.5 Å². The summed E-state index contributed by atoms with van der Waals surface area (Å²) in [6.45, 7) is 3.33. The van der Waals surface area contributed by atoms with Crippen molar-refractivity contribution in [1.29, 1.82) is 0 Å². The number of aryl methyl sites for hydroxylation is 2. The molecule has 1 N–H and O–H groups in total. The van der Waals surface area contributed by atoms with Crippen LogP contribution in [0.3, 0.4) is 0 Å².